The average molecular weight is 238 g/mol. The van der Waals surface area contributed by atoms with Gasteiger partial charge in [0.1, 0.15) is 12.1 Å². The van der Waals surface area contributed by atoms with Gasteiger partial charge in [0.2, 0.25) is 5.88 Å². The fourth-order valence-electron chi connectivity index (χ4n) is 1.62. The molecule has 0 aliphatic rings. The summed E-state index contributed by atoms with van der Waals surface area (Å²) in [6, 6.07) is 1.88. The molecule has 0 aliphatic heterocycles. The summed E-state index contributed by atoms with van der Waals surface area (Å²) >= 11 is 0. The lowest BCUT2D eigenvalue weighted by atomic mass is 10.3. The van der Waals surface area contributed by atoms with Gasteiger partial charge in [-0.05, 0) is 26.3 Å². The molecule has 1 aromatic heterocycles. The van der Waals surface area contributed by atoms with Crippen LogP contribution in [-0.2, 0) is 0 Å². The summed E-state index contributed by atoms with van der Waals surface area (Å²) in [4.78, 5) is 10.6. The third-order valence-corrected chi connectivity index (χ3v) is 2.37. The minimum absolute atomic E-state index is 0.618. The van der Waals surface area contributed by atoms with Crippen LogP contribution in [0.25, 0.3) is 0 Å². The Labute approximate surface area is 103 Å². The summed E-state index contributed by atoms with van der Waals surface area (Å²) in [7, 11) is 0. The fourth-order valence-corrected chi connectivity index (χ4v) is 1.62. The molecule has 5 nitrogen and oxygen atoms in total. The van der Waals surface area contributed by atoms with Crippen LogP contribution in [0.3, 0.4) is 0 Å². The van der Waals surface area contributed by atoms with Gasteiger partial charge in [-0.1, -0.05) is 6.92 Å². The van der Waals surface area contributed by atoms with Gasteiger partial charge >= 0.3 is 0 Å². The highest BCUT2D eigenvalue weighted by Crippen LogP contribution is 2.16. The van der Waals surface area contributed by atoms with Gasteiger partial charge in [0, 0.05) is 19.2 Å². The van der Waals surface area contributed by atoms with Crippen molar-refractivity contribution in [2.75, 3.05) is 31.1 Å². The van der Waals surface area contributed by atoms with Crippen LogP contribution in [0.4, 0.5) is 5.82 Å². The molecule has 5 heteroatoms. The van der Waals surface area contributed by atoms with Gasteiger partial charge < -0.3 is 15.4 Å². The van der Waals surface area contributed by atoms with Crippen LogP contribution in [0, 0.1) is 0 Å². The fraction of sp³-hybridized carbons (Fsp3) is 0.667. The molecule has 0 bridgehead atoms. The van der Waals surface area contributed by atoms with Crippen molar-refractivity contribution in [3.05, 3.63) is 12.4 Å². The Morgan fingerprint density at radius 3 is 2.76 bits per heavy atom. The lowest BCUT2D eigenvalue weighted by molar-refractivity contribution is 0.326. The number of aromatic nitrogens is 2. The maximum absolute atomic E-state index is 5.54. The Bertz CT molecular complexity index is 319. The highest BCUT2D eigenvalue weighted by molar-refractivity contribution is 5.40. The van der Waals surface area contributed by atoms with E-state index in [-0.39, 0.29) is 0 Å². The highest BCUT2D eigenvalue weighted by Gasteiger charge is 2.08. The van der Waals surface area contributed by atoms with Gasteiger partial charge in [0.15, 0.2) is 0 Å². The van der Waals surface area contributed by atoms with Crippen LogP contribution in [0.5, 0.6) is 5.88 Å². The first kappa shape index (κ1) is 13.7. The van der Waals surface area contributed by atoms with E-state index in [0.717, 1.165) is 31.7 Å². The highest BCUT2D eigenvalue weighted by atomic mass is 16.5. The molecular formula is C12H22N4O. The first-order chi connectivity index (χ1) is 8.31. The van der Waals surface area contributed by atoms with Crippen molar-refractivity contribution in [2.45, 2.75) is 26.7 Å². The van der Waals surface area contributed by atoms with Crippen molar-refractivity contribution >= 4 is 5.82 Å². The summed E-state index contributed by atoms with van der Waals surface area (Å²) in [5.74, 6) is 1.55. The molecule has 17 heavy (non-hydrogen) atoms. The smallest absolute Gasteiger partial charge is 0.218 e. The number of hydrogen-bond donors (Lipinski definition) is 1. The van der Waals surface area contributed by atoms with Crippen molar-refractivity contribution in [1.29, 1.82) is 0 Å². The van der Waals surface area contributed by atoms with Crippen molar-refractivity contribution in [3.63, 3.8) is 0 Å². The normalized spacial score (nSPS) is 10.3. The lowest BCUT2D eigenvalue weighted by Crippen LogP contribution is -2.27. The molecular weight excluding hydrogens is 216 g/mol. The average Bonchev–Trinajstić information content (AvgIpc) is 2.35. The third-order valence-electron chi connectivity index (χ3n) is 2.37. The van der Waals surface area contributed by atoms with E-state index in [2.05, 4.69) is 21.8 Å². The van der Waals surface area contributed by atoms with Crippen LogP contribution in [0.1, 0.15) is 26.7 Å². The topological polar surface area (TPSA) is 64.3 Å². The summed E-state index contributed by atoms with van der Waals surface area (Å²) in [6.07, 6.45) is 3.60. The summed E-state index contributed by atoms with van der Waals surface area (Å²) in [5.41, 5.74) is 5.54. The molecule has 0 amide bonds. The van der Waals surface area contributed by atoms with Crippen molar-refractivity contribution < 1.29 is 4.74 Å². The van der Waals surface area contributed by atoms with Crippen LogP contribution in [-0.4, -0.2) is 36.2 Å². The number of hydrogen-bond acceptors (Lipinski definition) is 5. The van der Waals surface area contributed by atoms with E-state index < -0.39 is 0 Å². The molecule has 0 spiro atoms. The molecule has 0 radical (unpaired) electrons. The molecule has 0 aromatic carbocycles. The van der Waals surface area contributed by atoms with Gasteiger partial charge in [-0.3, -0.25) is 0 Å². The molecule has 1 aromatic rings. The first-order valence-corrected chi connectivity index (χ1v) is 6.21. The SMILES string of the molecule is CCCN(CCCN)c1cc(OCC)ncn1. The molecule has 1 rings (SSSR count). The standard InChI is InChI=1S/C12H22N4O/c1-3-7-16(8-5-6-13)11-9-12(17-4-2)15-10-14-11/h9-10H,3-8,13H2,1-2H3. The van der Waals surface area contributed by atoms with Gasteiger partial charge in [-0.25, -0.2) is 9.97 Å². The predicted octanol–water partition coefficient (Wildman–Crippen LogP) is 1.44. The van der Waals surface area contributed by atoms with E-state index in [9.17, 15) is 0 Å². The van der Waals surface area contributed by atoms with E-state index in [4.69, 9.17) is 10.5 Å². The third kappa shape index (κ3) is 4.56. The zero-order valence-electron chi connectivity index (χ0n) is 10.7. The molecule has 0 saturated heterocycles. The van der Waals surface area contributed by atoms with Crippen LogP contribution in [0.2, 0.25) is 0 Å². The van der Waals surface area contributed by atoms with Gasteiger partial charge in [-0.15, -0.1) is 0 Å². The van der Waals surface area contributed by atoms with Gasteiger partial charge in [-0.2, -0.15) is 0 Å². The van der Waals surface area contributed by atoms with Gasteiger partial charge in [0.05, 0.1) is 6.61 Å². The number of nitrogens with two attached hydrogens (primary N) is 1. The zero-order valence-corrected chi connectivity index (χ0v) is 10.7. The maximum Gasteiger partial charge on any atom is 0.218 e. The van der Waals surface area contributed by atoms with E-state index in [1.807, 2.05) is 13.0 Å². The number of ether oxygens (including phenoxy) is 1. The number of rotatable bonds is 8. The van der Waals surface area contributed by atoms with E-state index in [0.29, 0.717) is 19.0 Å². The number of anilines is 1. The number of nitrogens with zero attached hydrogens (tertiary/aromatic N) is 3. The maximum atomic E-state index is 5.54. The van der Waals surface area contributed by atoms with Gasteiger partial charge in [0.25, 0.3) is 0 Å². The Hall–Kier alpha value is -1.36. The molecule has 0 fully saturated rings. The van der Waals surface area contributed by atoms with E-state index in [1.54, 1.807) is 6.33 Å². The minimum atomic E-state index is 0.618. The predicted molar refractivity (Wildman–Crippen MR) is 69.4 cm³/mol. The molecule has 2 N–H and O–H groups in total. The molecule has 96 valence electrons. The monoisotopic (exact) mass is 238 g/mol. The summed E-state index contributed by atoms with van der Waals surface area (Å²) in [6.45, 7) is 7.31. The first-order valence-electron chi connectivity index (χ1n) is 6.21. The van der Waals surface area contributed by atoms with E-state index in [1.165, 1.54) is 0 Å². The summed E-state index contributed by atoms with van der Waals surface area (Å²) in [5, 5.41) is 0. The Kier molecular flexibility index (Phi) is 6.32. The summed E-state index contributed by atoms with van der Waals surface area (Å²) < 4.78 is 5.38. The van der Waals surface area contributed by atoms with Crippen molar-refractivity contribution in [2.24, 2.45) is 5.73 Å². The zero-order chi connectivity index (χ0) is 12.5. The van der Waals surface area contributed by atoms with E-state index >= 15 is 0 Å². The second kappa shape index (κ2) is 7.84. The Morgan fingerprint density at radius 2 is 2.12 bits per heavy atom. The van der Waals surface area contributed by atoms with Crippen molar-refractivity contribution in [1.82, 2.24) is 9.97 Å². The van der Waals surface area contributed by atoms with Crippen LogP contribution in [0.15, 0.2) is 12.4 Å². The molecule has 0 atom stereocenters. The second-order valence-electron chi connectivity index (χ2n) is 3.78. The quantitative estimate of drug-likeness (QED) is 0.742. The lowest BCUT2D eigenvalue weighted by Gasteiger charge is -2.22. The minimum Gasteiger partial charge on any atom is -0.478 e. The molecule has 0 unspecified atom stereocenters. The molecule has 0 saturated carbocycles. The van der Waals surface area contributed by atoms with Crippen molar-refractivity contribution in [3.8, 4) is 5.88 Å². The molecule has 1 heterocycles. The van der Waals surface area contributed by atoms with Crippen LogP contribution >= 0.6 is 0 Å². The molecule has 0 aliphatic carbocycles. The largest absolute Gasteiger partial charge is 0.478 e. The second-order valence-corrected chi connectivity index (χ2v) is 3.78. The Morgan fingerprint density at radius 1 is 1.29 bits per heavy atom. The Balaban J connectivity index is 2.73. The van der Waals surface area contributed by atoms with Crippen LogP contribution < -0.4 is 15.4 Å².